The summed E-state index contributed by atoms with van der Waals surface area (Å²) in [6, 6.07) is 12.5. The van der Waals surface area contributed by atoms with Gasteiger partial charge in [0.1, 0.15) is 0 Å². The zero-order chi connectivity index (χ0) is 17.2. The van der Waals surface area contributed by atoms with Gasteiger partial charge in [0.25, 0.3) is 0 Å². The molecule has 0 unspecified atom stereocenters. The average molecular weight is 356 g/mol. The highest BCUT2D eigenvalue weighted by Gasteiger charge is 2.36. The second kappa shape index (κ2) is 7.28. The fourth-order valence-corrected chi connectivity index (χ4v) is 4.81. The zero-order valence-electron chi connectivity index (χ0n) is 14.6. The molecule has 2 atom stereocenters. The van der Waals surface area contributed by atoms with Crippen molar-refractivity contribution in [3.63, 3.8) is 0 Å². The molecule has 4 nitrogen and oxygen atoms in total. The molecule has 1 aromatic heterocycles. The molecule has 1 aromatic carbocycles. The number of hydrogen-bond donors (Lipinski definition) is 0. The van der Waals surface area contributed by atoms with Crippen molar-refractivity contribution in [2.75, 3.05) is 32.8 Å². The molecule has 0 bridgehead atoms. The number of amides is 1. The van der Waals surface area contributed by atoms with Gasteiger partial charge < -0.3 is 9.64 Å². The Morgan fingerprint density at radius 2 is 1.92 bits per heavy atom. The standard InChI is InChI=1S/C20H24N2O2S/c1-15(21-10-12-24-13-11-21)20(23)22-9-7-18-17(8-14-25-18)19(22)16-5-3-2-4-6-16/h2-6,8,14-15,19H,7,9-13H2,1H3/t15-,19-/m0/s1. The minimum atomic E-state index is -0.102. The van der Waals surface area contributed by atoms with Crippen molar-refractivity contribution in [3.8, 4) is 0 Å². The second-order valence-corrected chi connectivity index (χ2v) is 7.72. The molecule has 25 heavy (non-hydrogen) atoms. The SMILES string of the molecule is C[C@@H](C(=O)N1CCc2sccc2[C@@H]1c1ccccc1)N1CCOCC1. The molecule has 0 radical (unpaired) electrons. The number of carbonyl (C=O) groups is 1. The van der Waals surface area contributed by atoms with E-state index in [1.807, 2.05) is 24.3 Å². The lowest BCUT2D eigenvalue weighted by molar-refractivity contribution is -0.140. The lowest BCUT2D eigenvalue weighted by atomic mass is 9.92. The van der Waals surface area contributed by atoms with E-state index in [-0.39, 0.29) is 18.0 Å². The van der Waals surface area contributed by atoms with Crippen LogP contribution in [0.1, 0.15) is 29.0 Å². The van der Waals surface area contributed by atoms with Crippen LogP contribution in [0.2, 0.25) is 0 Å². The lowest BCUT2D eigenvalue weighted by Crippen LogP contribution is -2.52. The molecule has 2 aromatic rings. The zero-order valence-corrected chi connectivity index (χ0v) is 15.4. The molecule has 0 N–H and O–H groups in total. The molecule has 2 aliphatic rings. The van der Waals surface area contributed by atoms with Crippen LogP contribution in [-0.4, -0.2) is 54.6 Å². The Balaban J connectivity index is 1.64. The van der Waals surface area contributed by atoms with Gasteiger partial charge in [0.05, 0.1) is 25.3 Å². The van der Waals surface area contributed by atoms with Crippen LogP contribution >= 0.6 is 11.3 Å². The minimum absolute atomic E-state index is 0.0344. The van der Waals surface area contributed by atoms with Crippen LogP contribution in [0.3, 0.4) is 0 Å². The van der Waals surface area contributed by atoms with Gasteiger partial charge >= 0.3 is 0 Å². The number of benzene rings is 1. The van der Waals surface area contributed by atoms with Crippen molar-refractivity contribution in [2.45, 2.75) is 25.4 Å². The molecular weight excluding hydrogens is 332 g/mol. The van der Waals surface area contributed by atoms with E-state index in [0.717, 1.165) is 26.1 Å². The Morgan fingerprint density at radius 3 is 2.68 bits per heavy atom. The summed E-state index contributed by atoms with van der Waals surface area (Å²) in [5, 5.41) is 2.15. The fourth-order valence-electron chi connectivity index (χ4n) is 3.91. The highest BCUT2D eigenvalue weighted by Crippen LogP contribution is 2.38. The van der Waals surface area contributed by atoms with Gasteiger partial charge in [-0.2, -0.15) is 0 Å². The first-order chi connectivity index (χ1) is 12.3. The van der Waals surface area contributed by atoms with Gasteiger partial charge in [0.2, 0.25) is 5.91 Å². The lowest BCUT2D eigenvalue weighted by Gasteiger charge is -2.40. The van der Waals surface area contributed by atoms with Gasteiger partial charge in [0.15, 0.2) is 0 Å². The van der Waals surface area contributed by atoms with Crippen LogP contribution in [0.25, 0.3) is 0 Å². The van der Waals surface area contributed by atoms with Gasteiger partial charge in [-0.05, 0) is 35.9 Å². The van der Waals surface area contributed by atoms with E-state index in [9.17, 15) is 4.79 Å². The molecule has 5 heteroatoms. The van der Waals surface area contributed by atoms with Crippen LogP contribution < -0.4 is 0 Å². The van der Waals surface area contributed by atoms with Crippen LogP contribution in [0, 0.1) is 0 Å². The fraction of sp³-hybridized carbons (Fsp3) is 0.450. The van der Waals surface area contributed by atoms with E-state index in [4.69, 9.17) is 4.74 Å². The quantitative estimate of drug-likeness (QED) is 0.848. The molecule has 4 rings (SSSR count). The van der Waals surface area contributed by atoms with Crippen molar-refractivity contribution in [1.29, 1.82) is 0 Å². The normalized spacial score (nSPS) is 22.4. The van der Waals surface area contributed by atoms with Crippen molar-refractivity contribution < 1.29 is 9.53 Å². The molecule has 2 aliphatic heterocycles. The Morgan fingerprint density at radius 1 is 1.16 bits per heavy atom. The van der Waals surface area contributed by atoms with E-state index in [1.54, 1.807) is 0 Å². The third-order valence-electron chi connectivity index (χ3n) is 5.32. The number of hydrogen-bond acceptors (Lipinski definition) is 4. The average Bonchev–Trinajstić information content (AvgIpc) is 3.16. The molecule has 0 saturated carbocycles. The van der Waals surface area contributed by atoms with Crippen LogP contribution in [0.4, 0.5) is 0 Å². The number of nitrogens with zero attached hydrogens (tertiary/aromatic N) is 2. The predicted molar refractivity (Wildman–Crippen MR) is 99.9 cm³/mol. The Labute approximate surface area is 153 Å². The topological polar surface area (TPSA) is 32.8 Å². The van der Waals surface area contributed by atoms with Gasteiger partial charge in [-0.3, -0.25) is 9.69 Å². The Bertz CT molecular complexity index is 724. The number of ether oxygens (including phenoxy) is 1. The second-order valence-electron chi connectivity index (χ2n) is 6.72. The largest absolute Gasteiger partial charge is 0.379 e. The molecular formula is C20H24N2O2S. The van der Waals surface area contributed by atoms with Crippen molar-refractivity contribution in [2.24, 2.45) is 0 Å². The third-order valence-corrected chi connectivity index (χ3v) is 6.31. The van der Waals surface area contributed by atoms with Gasteiger partial charge in [-0.1, -0.05) is 30.3 Å². The highest BCUT2D eigenvalue weighted by molar-refractivity contribution is 7.10. The number of carbonyl (C=O) groups excluding carboxylic acids is 1. The van der Waals surface area contributed by atoms with Gasteiger partial charge in [0, 0.05) is 24.5 Å². The Kier molecular flexibility index (Phi) is 4.88. The molecule has 1 amide bonds. The minimum Gasteiger partial charge on any atom is -0.379 e. The van der Waals surface area contributed by atoms with Crippen LogP contribution in [0.15, 0.2) is 41.8 Å². The molecule has 0 aliphatic carbocycles. The number of thiophene rings is 1. The molecule has 1 saturated heterocycles. The maximum absolute atomic E-state index is 13.4. The van der Waals surface area contributed by atoms with E-state index in [1.165, 1.54) is 16.0 Å². The van der Waals surface area contributed by atoms with Gasteiger partial charge in [-0.15, -0.1) is 11.3 Å². The van der Waals surface area contributed by atoms with Gasteiger partial charge in [-0.25, -0.2) is 0 Å². The van der Waals surface area contributed by atoms with E-state index in [0.29, 0.717) is 13.2 Å². The third kappa shape index (κ3) is 3.24. The van der Waals surface area contributed by atoms with E-state index in [2.05, 4.69) is 45.5 Å². The Hall–Kier alpha value is -1.69. The first kappa shape index (κ1) is 16.8. The smallest absolute Gasteiger partial charge is 0.240 e. The highest BCUT2D eigenvalue weighted by atomic mass is 32.1. The number of rotatable bonds is 3. The van der Waals surface area contributed by atoms with E-state index < -0.39 is 0 Å². The maximum atomic E-state index is 13.4. The summed E-state index contributed by atoms with van der Waals surface area (Å²) in [4.78, 5) is 19.1. The summed E-state index contributed by atoms with van der Waals surface area (Å²) in [6.45, 7) is 5.93. The molecule has 1 fully saturated rings. The molecule has 3 heterocycles. The first-order valence-electron chi connectivity index (χ1n) is 8.99. The summed E-state index contributed by atoms with van der Waals surface area (Å²) in [5.41, 5.74) is 2.49. The van der Waals surface area contributed by atoms with E-state index >= 15 is 0 Å². The van der Waals surface area contributed by atoms with Crippen LogP contribution in [-0.2, 0) is 16.0 Å². The van der Waals surface area contributed by atoms with Crippen molar-refractivity contribution in [1.82, 2.24) is 9.80 Å². The summed E-state index contributed by atoms with van der Waals surface area (Å²) >= 11 is 1.81. The first-order valence-corrected chi connectivity index (χ1v) is 9.87. The monoisotopic (exact) mass is 356 g/mol. The predicted octanol–water partition coefficient (Wildman–Crippen LogP) is 2.94. The summed E-state index contributed by atoms with van der Waals surface area (Å²) in [7, 11) is 0. The summed E-state index contributed by atoms with van der Waals surface area (Å²) < 4.78 is 5.44. The maximum Gasteiger partial charge on any atom is 0.240 e. The molecule has 0 spiro atoms. The summed E-state index contributed by atoms with van der Waals surface area (Å²) in [5.74, 6) is 0.229. The molecule has 132 valence electrons. The van der Waals surface area contributed by atoms with Crippen molar-refractivity contribution in [3.05, 3.63) is 57.8 Å². The van der Waals surface area contributed by atoms with Crippen molar-refractivity contribution >= 4 is 17.2 Å². The number of fused-ring (bicyclic) bond motifs is 1. The number of morpholine rings is 1. The van der Waals surface area contributed by atoms with Crippen LogP contribution in [0.5, 0.6) is 0 Å². The summed E-state index contributed by atoms with van der Waals surface area (Å²) in [6.07, 6.45) is 0.956.